The summed E-state index contributed by atoms with van der Waals surface area (Å²) in [7, 11) is 0. The van der Waals surface area contributed by atoms with Crippen LogP contribution < -0.4 is 5.32 Å². The molecule has 2 rings (SSSR count). The highest BCUT2D eigenvalue weighted by Gasteiger charge is 2.13. The minimum Gasteiger partial charge on any atom is -0.384 e. The zero-order chi connectivity index (χ0) is 14.5. The van der Waals surface area contributed by atoms with Crippen molar-refractivity contribution in [1.82, 2.24) is 0 Å². The van der Waals surface area contributed by atoms with Gasteiger partial charge in [0.1, 0.15) is 17.3 Å². The van der Waals surface area contributed by atoms with E-state index in [2.05, 4.69) is 17.2 Å². The molecule has 0 aliphatic heterocycles. The highest BCUT2D eigenvalue weighted by atomic mass is 35.5. The lowest BCUT2D eigenvalue weighted by molar-refractivity contribution is 0.103. The number of halogens is 2. The largest absolute Gasteiger partial charge is 0.384 e. The molecular weight excluding hydrogens is 301 g/mol. The van der Waals surface area contributed by atoms with E-state index in [0.29, 0.717) is 16.1 Å². The molecule has 0 saturated carbocycles. The normalized spacial score (nSPS) is 9.75. The molecule has 0 unspecified atom stereocenters. The van der Waals surface area contributed by atoms with Crippen molar-refractivity contribution in [3.8, 4) is 11.8 Å². The number of amides is 1. The van der Waals surface area contributed by atoms with Gasteiger partial charge in [0.05, 0.1) is 10.7 Å². The predicted molar refractivity (Wildman–Crippen MR) is 77.6 cm³/mol. The Kier molecular flexibility index (Phi) is 4.74. The number of aliphatic hydroxyl groups is 1. The third-order valence-electron chi connectivity index (χ3n) is 2.35. The van der Waals surface area contributed by atoms with Gasteiger partial charge in [-0.1, -0.05) is 23.4 Å². The van der Waals surface area contributed by atoms with E-state index in [4.69, 9.17) is 16.7 Å². The minimum absolute atomic E-state index is 0.123. The van der Waals surface area contributed by atoms with E-state index in [9.17, 15) is 9.18 Å². The van der Waals surface area contributed by atoms with Gasteiger partial charge in [0.25, 0.3) is 5.91 Å². The summed E-state index contributed by atoms with van der Waals surface area (Å²) in [6.07, 6.45) is 0. The van der Waals surface area contributed by atoms with Crippen LogP contribution in [0.4, 0.5) is 10.1 Å². The molecule has 0 fully saturated rings. The minimum atomic E-state index is -0.473. The van der Waals surface area contributed by atoms with Crippen molar-refractivity contribution in [2.45, 2.75) is 0 Å². The van der Waals surface area contributed by atoms with Gasteiger partial charge in [0, 0.05) is 5.56 Å². The first kappa shape index (κ1) is 14.5. The van der Waals surface area contributed by atoms with Crippen LogP contribution in [0.3, 0.4) is 0 Å². The smallest absolute Gasteiger partial charge is 0.267 e. The maximum Gasteiger partial charge on any atom is 0.267 e. The Hall–Kier alpha value is -1.87. The van der Waals surface area contributed by atoms with Crippen LogP contribution in [0.2, 0.25) is 5.02 Å². The van der Waals surface area contributed by atoms with Crippen LogP contribution in [0, 0.1) is 17.7 Å². The summed E-state index contributed by atoms with van der Waals surface area (Å²) in [6, 6.07) is 5.41. The van der Waals surface area contributed by atoms with E-state index < -0.39 is 5.82 Å². The van der Waals surface area contributed by atoms with Crippen molar-refractivity contribution in [1.29, 1.82) is 0 Å². The Morgan fingerprint density at radius 2 is 2.25 bits per heavy atom. The molecule has 3 nitrogen and oxygen atoms in total. The monoisotopic (exact) mass is 309 g/mol. The van der Waals surface area contributed by atoms with Gasteiger partial charge in [0.2, 0.25) is 0 Å². The fourth-order valence-corrected chi connectivity index (χ4v) is 2.45. The SMILES string of the molecule is O=C(Nc1ccc(F)cc1Cl)c1sccc1C#CCO. The van der Waals surface area contributed by atoms with Gasteiger partial charge in [-0.25, -0.2) is 4.39 Å². The van der Waals surface area contributed by atoms with Crippen molar-refractivity contribution in [2.75, 3.05) is 11.9 Å². The number of carbonyl (C=O) groups excluding carboxylic acids is 1. The van der Waals surface area contributed by atoms with Crippen molar-refractivity contribution in [3.05, 3.63) is 50.9 Å². The molecule has 1 amide bonds. The molecule has 0 bridgehead atoms. The van der Waals surface area contributed by atoms with Gasteiger partial charge < -0.3 is 10.4 Å². The van der Waals surface area contributed by atoms with Crippen LogP contribution >= 0.6 is 22.9 Å². The number of carbonyl (C=O) groups is 1. The Labute approximate surface area is 124 Å². The van der Waals surface area contributed by atoms with Gasteiger partial charge >= 0.3 is 0 Å². The third kappa shape index (κ3) is 3.36. The van der Waals surface area contributed by atoms with Crippen molar-refractivity contribution in [3.63, 3.8) is 0 Å². The van der Waals surface area contributed by atoms with Crippen molar-refractivity contribution in [2.24, 2.45) is 0 Å². The van der Waals surface area contributed by atoms with E-state index in [-0.39, 0.29) is 17.5 Å². The molecule has 1 aromatic carbocycles. The topological polar surface area (TPSA) is 49.3 Å². The second-order valence-electron chi connectivity index (χ2n) is 3.70. The fraction of sp³-hybridized carbons (Fsp3) is 0.0714. The maximum atomic E-state index is 12.9. The molecule has 1 heterocycles. The van der Waals surface area contributed by atoms with E-state index >= 15 is 0 Å². The number of hydrogen-bond donors (Lipinski definition) is 2. The molecule has 102 valence electrons. The zero-order valence-corrected chi connectivity index (χ0v) is 11.7. The molecule has 2 aromatic rings. The quantitative estimate of drug-likeness (QED) is 0.837. The Morgan fingerprint density at radius 1 is 1.45 bits per heavy atom. The third-order valence-corrected chi connectivity index (χ3v) is 3.58. The summed E-state index contributed by atoms with van der Waals surface area (Å²) in [5.41, 5.74) is 0.854. The van der Waals surface area contributed by atoms with Crippen LogP contribution in [-0.2, 0) is 0 Å². The first-order valence-corrected chi connectivity index (χ1v) is 6.81. The van der Waals surface area contributed by atoms with Crippen molar-refractivity contribution >= 4 is 34.5 Å². The van der Waals surface area contributed by atoms with E-state index in [1.165, 1.54) is 23.5 Å². The number of rotatable bonds is 2. The number of benzene rings is 1. The number of nitrogens with one attached hydrogen (secondary N) is 1. The number of aliphatic hydroxyl groups excluding tert-OH is 1. The lowest BCUT2D eigenvalue weighted by atomic mass is 10.2. The van der Waals surface area contributed by atoms with Gasteiger partial charge in [0.15, 0.2) is 0 Å². The second-order valence-corrected chi connectivity index (χ2v) is 5.02. The van der Waals surface area contributed by atoms with Gasteiger partial charge in [-0.05, 0) is 29.6 Å². The summed E-state index contributed by atoms with van der Waals surface area (Å²) >= 11 is 7.07. The van der Waals surface area contributed by atoms with Crippen LogP contribution in [0.5, 0.6) is 0 Å². The lowest BCUT2D eigenvalue weighted by Gasteiger charge is -2.06. The standard InChI is InChI=1S/C14H9ClFNO2S/c15-11-8-10(16)3-4-12(11)17-14(19)13-9(2-1-6-18)5-7-20-13/h3-5,7-8,18H,6H2,(H,17,19). The van der Waals surface area contributed by atoms with Gasteiger partial charge in [-0.2, -0.15) is 0 Å². The zero-order valence-electron chi connectivity index (χ0n) is 10.1. The van der Waals surface area contributed by atoms with Crippen LogP contribution in [-0.4, -0.2) is 17.6 Å². The van der Waals surface area contributed by atoms with Gasteiger partial charge in [-0.15, -0.1) is 11.3 Å². The molecule has 0 aliphatic rings. The predicted octanol–water partition coefficient (Wildman–Crippen LogP) is 3.14. The molecule has 20 heavy (non-hydrogen) atoms. The second kappa shape index (κ2) is 6.53. The first-order chi connectivity index (χ1) is 9.61. The molecule has 0 radical (unpaired) electrons. The molecule has 6 heteroatoms. The number of anilines is 1. The summed E-state index contributed by atoms with van der Waals surface area (Å²) in [6.45, 7) is -0.277. The highest BCUT2D eigenvalue weighted by molar-refractivity contribution is 7.12. The molecular formula is C14H9ClFNO2S. The number of hydrogen-bond acceptors (Lipinski definition) is 3. The summed E-state index contributed by atoms with van der Waals surface area (Å²) in [5, 5.41) is 13.1. The highest BCUT2D eigenvalue weighted by Crippen LogP contribution is 2.24. The van der Waals surface area contributed by atoms with Gasteiger partial charge in [-0.3, -0.25) is 4.79 Å². The van der Waals surface area contributed by atoms with Crippen LogP contribution in [0.25, 0.3) is 0 Å². The summed E-state index contributed by atoms with van der Waals surface area (Å²) < 4.78 is 12.9. The summed E-state index contributed by atoms with van der Waals surface area (Å²) in [4.78, 5) is 12.5. The Bertz CT molecular complexity index is 703. The molecule has 0 saturated heterocycles. The molecule has 0 spiro atoms. The molecule has 1 aromatic heterocycles. The maximum absolute atomic E-state index is 12.9. The average Bonchev–Trinajstić information content (AvgIpc) is 2.88. The van der Waals surface area contributed by atoms with Crippen molar-refractivity contribution < 1.29 is 14.3 Å². The average molecular weight is 310 g/mol. The molecule has 0 atom stereocenters. The van der Waals surface area contributed by atoms with E-state index in [1.807, 2.05) is 0 Å². The summed E-state index contributed by atoms with van der Waals surface area (Å²) in [5.74, 6) is 4.32. The Morgan fingerprint density at radius 3 is 2.95 bits per heavy atom. The molecule has 0 aliphatic carbocycles. The van der Waals surface area contributed by atoms with Crippen LogP contribution in [0.15, 0.2) is 29.6 Å². The molecule has 2 N–H and O–H groups in total. The first-order valence-electron chi connectivity index (χ1n) is 5.55. The van der Waals surface area contributed by atoms with E-state index in [1.54, 1.807) is 11.4 Å². The van der Waals surface area contributed by atoms with E-state index in [0.717, 1.165) is 6.07 Å². The number of thiophene rings is 1. The Balaban J connectivity index is 2.22. The van der Waals surface area contributed by atoms with Crippen LogP contribution in [0.1, 0.15) is 15.2 Å². The lowest BCUT2D eigenvalue weighted by Crippen LogP contribution is -2.12. The fourth-order valence-electron chi connectivity index (χ4n) is 1.49.